The Morgan fingerprint density at radius 1 is 1.14 bits per heavy atom. The number of nitrogens with zero attached hydrogens (tertiary/aromatic N) is 1. The van der Waals surface area contributed by atoms with Crippen LogP contribution in [0.25, 0.3) is 6.08 Å². The molecule has 104 valence electrons. The monoisotopic (exact) mass is 277 g/mol. The van der Waals surface area contributed by atoms with Gasteiger partial charge in [-0.3, -0.25) is 0 Å². The molecule has 0 atom stereocenters. The fraction of sp³-hybridized carbons (Fsp3) is 0.0588. The molecule has 21 heavy (non-hydrogen) atoms. The molecule has 2 N–H and O–H groups in total. The summed E-state index contributed by atoms with van der Waals surface area (Å²) >= 11 is 0. The number of carbonyl (C=O) groups excluding carboxylic acids is 1. The SMILES string of the molecule is Cc1ccc(/C=C/NC(=O)Nc2ccccc2C#N)cc1. The van der Waals surface area contributed by atoms with E-state index in [1.54, 1.807) is 36.5 Å². The number of benzene rings is 2. The molecule has 0 bridgehead atoms. The molecular weight excluding hydrogens is 262 g/mol. The topological polar surface area (TPSA) is 64.9 Å². The lowest BCUT2D eigenvalue weighted by Crippen LogP contribution is -2.24. The third kappa shape index (κ3) is 4.22. The molecule has 0 saturated carbocycles. The standard InChI is InChI=1S/C17H15N3O/c1-13-6-8-14(9-7-13)10-11-19-17(21)20-16-5-3-2-4-15(16)12-18/h2-11H,1H3,(H2,19,20,21)/b11-10+. The summed E-state index contributed by atoms with van der Waals surface area (Å²) in [5.41, 5.74) is 3.10. The highest BCUT2D eigenvalue weighted by Gasteiger charge is 2.03. The molecule has 0 heterocycles. The fourth-order valence-corrected chi connectivity index (χ4v) is 1.74. The van der Waals surface area contributed by atoms with E-state index in [1.807, 2.05) is 37.3 Å². The minimum Gasteiger partial charge on any atom is -0.314 e. The second-order valence-electron chi connectivity index (χ2n) is 4.50. The van der Waals surface area contributed by atoms with Crippen molar-refractivity contribution in [1.82, 2.24) is 5.32 Å². The summed E-state index contributed by atoms with van der Waals surface area (Å²) in [5, 5.41) is 14.2. The van der Waals surface area contributed by atoms with Crippen LogP contribution in [0, 0.1) is 18.3 Å². The number of rotatable bonds is 3. The zero-order valence-electron chi connectivity index (χ0n) is 11.6. The van der Waals surface area contributed by atoms with Gasteiger partial charge in [0.05, 0.1) is 11.3 Å². The molecule has 0 radical (unpaired) electrons. The number of hydrogen-bond acceptors (Lipinski definition) is 2. The van der Waals surface area contributed by atoms with E-state index in [2.05, 4.69) is 10.6 Å². The molecule has 0 unspecified atom stereocenters. The van der Waals surface area contributed by atoms with Gasteiger partial charge in [-0.05, 0) is 30.7 Å². The maximum atomic E-state index is 11.7. The van der Waals surface area contributed by atoms with Crippen LogP contribution in [0.3, 0.4) is 0 Å². The number of para-hydroxylation sites is 1. The van der Waals surface area contributed by atoms with E-state index in [9.17, 15) is 4.79 Å². The van der Waals surface area contributed by atoms with Gasteiger partial charge in [0.25, 0.3) is 0 Å². The largest absolute Gasteiger partial charge is 0.323 e. The molecule has 0 aliphatic carbocycles. The lowest BCUT2D eigenvalue weighted by Gasteiger charge is -2.05. The first-order valence-electron chi connectivity index (χ1n) is 6.49. The van der Waals surface area contributed by atoms with E-state index < -0.39 is 0 Å². The van der Waals surface area contributed by atoms with Crippen LogP contribution in [0.15, 0.2) is 54.7 Å². The highest BCUT2D eigenvalue weighted by atomic mass is 16.2. The van der Waals surface area contributed by atoms with Crippen LogP contribution in [0.4, 0.5) is 10.5 Å². The van der Waals surface area contributed by atoms with Crippen molar-refractivity contribution >= 4 is 17.8 Å². The summed E-state index contributed by atoms with van der Waals surface area (Å²) in [7, 11) is 0. The van der Waals surface area contributed by atoms with E-state index >= 15 is 0 Å². The van der Waals surface area contributed by atoms with E-state index in [0.29, 0.717) is 11.3 Å². The molecule has 0 spiro atoms. The first kappa shape index (κ1) is 14.4. The van der Waals surface area contributed by atoms with Crippen molar-refractivity contribution < 1.29 is 4.79 Å². The lowest BCUT2D eigenvalue weighted by molar-refractivity contribution is 0.255. The van der Waals surface area contributed by atoms with Crippen LogP contribution < -0.4 is 10.6 Å². The summed E-state index contributed by atoms with van der Waals surface area (Å²) in [4.78, 5) is 11.7. The van der Waals surface area contributed by atoms with Crippen molar-refractivity contribution in [3.8, 4) is 6.07 Å². The van der Waals surface area contributed by atoms with Crippen LogP contribution in [0.2, 0.25) is 0 Å². The molecule has 0 fully saturated rings. The van der Waals surface area contributed by atoms with Crippen molar-refractivity contribution in [3.05, 3.63) is 71.4 Å². The molecule has 0 aliphatic rings. The van der Waals surface area contributed by atoms with Crippen molar-refractivity contribution in [3.63, 3.8) is 0 Å². The zero-order valence-corrected chi connectivity index (χ0v) is 11.6. The van der Waals surface area contributed by atoms with Crippen molar-refractivity contribution in [2.24, 2.45) is 0 Å². The molecule has 0 saturated heterocycles. The minimum atomic E-state index is -0.388. The second kappa shape index (κ2) is 6.92. The summed E-state index contributed by atoms with van der Waals surface area (Å²) in [5.74, 6) is 0. The predicted molar refractivity (Wildman–Crippen MR) is 83.5 cm³/mol. The number of urea groups is 1. The number of anilines is 1. The van der Waals surface area contributed by atoms with E-state index in [1.165, 1.54) is 5.56 Å². The molecule has 2 aromatic rings. The van der Waals surface area contributed by atoms with E-state index in [4.69, 9.17) is 5.26 Å². The van der Waals surface area contributed by atoms with Crippen LogP contribution in [-0.2, 0) is 0 Å². The average Bonchev–Trinajstić information content (AvgIpc) is 2.50. The highest BCUT2D eigenvalue weighted by molar-refractivity contribution is 5.91. The van der Waals surface area contributed by atoms with Gasteiger partial charge in [0, 0.05) is 6.20 Å². The Kier molecular flexibility index (Phi) is 4.73. The van der Waals surface area contributed by atoms with Gasteiger partial charge in [0.15, 0.2) is 0 Å². The summed E-state index contributed by atoms with van der Waals surface area (Å²) in [6, 6.07) is 16.4. The Labute approximate surface area is 123 Å². The van der Waals surface area contributed by atoms with Gasteiger partial charge >= 0.3 is 6.03 Å². The van der Waals surface area contributed by atoms with Crippen LogP contribution >= 0.6 is 0 Å². The van der Waals surface area contributed by atoms with Crippen LogP contribution in [0.1, 0.15) is 16.7 Å². The Morgan fingerprint density at radius 2 is 1.86 bits per heavy atom. The van der Waals surface area contributed by atoms with Crippen molar-refractivity contribution in [2.45, 2.75) is 6.92 Å². The first-order chi connectivity index (χ1) is 10.2. The van der Waals surface area contributed by atoms with Crippen LogP contribution in [-0.4, -0.2) is 6.03 Å². The number of hydrogen-bond donors (Lipinski definition) is 2. The van der Waals surface area contributed by atoms with Gasteiger partial charge in [-0.15, -0.1) is 0 Å². The van der Waals surface area contributed by atoms with Crippen LogP contribution in [0.5, 0.6) is 0 Å². The molecule has 2 rings (SSSR count). The van der Waals surface area contributed by atoms with E-state index in [-0.39, 0.29) is 6.03 Å². The van der Waals surface area contributed by atoms with Gasteiger partial charge in [0.1, 0.15) is 6.07 Å². The Hall–Kier alpha value is -3.06. The molecule has 0 aromatic heterocycles. The second-order valence-corrected chi connectivity index (χ2v) is 4.50. The molecular formula is C17H15N3O. The Bertz CT molecular complexity index is 697. The number of carbonyl (C=O) groups is 1. The van der Waals surface area contributed by atoms with Gasteiger partial charge < -0.3 is 10.6 Å². The summed E-state index contributed by atoms with van der Waals surface area (Å²) in [6.45, 7) is 2.02. The lowest BCUT2D eigenvalue weighted by atomic mass is 10.1. The molecule has 2 aromatic carbocycles. The third-order valence-electron chi connectivity index (χ3n) is 2.86. The summed E-state index contributed by atoms with van der Waals surface area (Å²) < 4.78 is 0. The number of amides is 2. The van der Waals surface area contributed by atoms with Crippen molar-refractivity contribution in [2.75, 3.05) is 5.32 Å². The van der Waals surface area contributed by atoms with Gasteiger partial charge in [-0.25, -0.2) is 4.79 Å². The maximum Gasteiger partial charge on any atom is 0.323 e. The summed E-state index contributed by atoms with van der Waals surface area (Å²) in [6.07, 6.45) is 3.37. The maximum absolute atomic E-state index is 11.7. The minimum absolute atomic E-state index is 0.388. The Balaban J connectivity index is 1.93. The molecule has 0 aliphatic heterocycles. The number of nitriles is 1. The average molecular weight is 277 g/mol. The highest BCUT2D eigenvalue weighted by Crippen LogP contribution is 2.13. The molecule has 4 heteroatoms. The van der Waals surface area contributed by atoms with Gasteiger partial charge in [0.2, 0.25) is 0 Å². The molecule has 4 nitrogen and oxygen atoms in total. The first-order valence-corrected chi connectivity index (χ1v) is 6.49. The third-order valence-corrected chi connectivity index (χ3v) is 2.86. The fourth-order valence-electron chi connectivity index (χ4n) is 1.74. The van der Waals surface area contributed by atoms with E-state index in [0.717, 1.165) is 5.56 Å². The smallest absolute Gasteiger partial charge is 0.314 e. The number of aryl methyl sites for hydroxylation is 1. The van der Waals surface area contributed by atoms with Gasteiger partial charge in [-0.1, -0.05) is 42.0 Å². The normalized spacial score (nSPS) is 10.1. The molecule has 2 amide bonds. The zero-order chi connectivity index (χ0) is 15.1. The quantitative estimate of drug-likeness (QED) is 0.899. The van der Waals surface area contributed by atoms with Crippen molar-refractivity contribution in [1.29, 1.82) is 5.26 Å². The number of nitrogens with one attached hydrogen (secondary N) is 2. The predicted octanol–water partition coefficient (Wildman–Crippen LogP) is 3.66. The van der Waals surface area contributed by atoms with Gasteiger partial charge in [-0.2, -0.15) is 5.26 Å². The Morgan fingerprint density at radius 3 is 2.57 bits per heavy atom.